The minimum absolute atomic E-state index is 0.0650. The standard InChI is InChI=1S/C9H5Cl2N3O2S/c10-5-1-4(2-6(11)8(5)15)13-9(16)7-3-12-14-17-7/h1-3,15H,(H,13,16). The van der Waals surface area contributed by atoms with Crippen molar-refractivity contribution in [3.05, 3.63) is 33.3 Å². The van der Waals surface area contributed by atoms with Gasteiger partial charge < -0.3 is 10.4 Å². The Morgan fingerprint density at radius 1 is 1.35 bits per heavy atom. The van der Waals surface area contributed by atoms with Gasteiger partial charge in [-0.05, 0) is 23.7 Å². The minimum Gasteiger partial charge on any atom is -0.505 e. The quantitative estimate of drug-likeness (QED) is 0.834. The van der Waals surface area contributed by atoms with Crippen LogP contribution in [0.5, 0.6) is 5.75 Å². The van der Waals surface area contributed by atoms with E-state index < -0.39 is 0 Å². The van der Waals surface area contributed by atoms with Crippen LogP contribution < -0.4 is 5.32 Å². The second-order valence-electron chi connectivity index (χ2n) is 3.02. The monoisotopic (exact) mass is 289 g/mol. The number of nitrogens with one attached hydrogen (secondary N) is 1. The fourth-order valence-corrected chi connectivity index (χ4v) is 2.00. The summed E-state index contributed by atoms with van der Waals surface area (Å²) in [6, 6.07) is 2.80. The van der Waals surface area contributed by atoms with Crippen molar-refractivity contribution in [3.8, 4) is 5.75 Å². The summed E-state index contributed by atoms with van der Waals surface area (Å²) in [5.41, 5.74) is 0.385. The second-order valence-corrected chi connectivity index (χ2v) is 4.62. The van der Waals surface area contributed by atoms with Gasteiger partial charge in [0.15, 0.2) is 5.75 Å². The molecule has 2 rings (SSSR count). The van der Waals surface area contributed by atoms with Gasteiger partial charge in [0.25, 0.3) is 5.91 Å². The molecule has 0 fully saturated rings. The molecule has 8 heteroatoms. The molecule has 1 heterocycles. The number of phenolic OH excluding ortho intramolecular Hbond substituents is 1. The zero-order valence-corrected chi connectivity index (χ0v) is 10.5. The normalized spacial score (nSPS) is 10.2. The van der Waals surface area contributed by atoms with Crippen LogP contribution in [-0.2, 0) is 0 Å². The molecular formula is C9H5Cl2N3O2S. The molecule has 5 nitrogen and oxygen atoms in total. The number of aromatic hydroxyl groups is 1. The number of carbonyl (C=O) groups is 1. The molecular weight excluding hydrogens is 285 g/mol. The molecule has 0 unspecified atom stereocenters. The summed E-state index contributed by atoms with van der Waals surface area (Å²) < 4.78 is 3.57. The number of hydrogen-bond acceptors (Lipinski definition) is 5. The molecule has 0 spiro atoms. The highest BCUT2D eigenvalue weighted by Crippen LogP contribution is 2.34. The molecule has 0 bridgehead atoms. The first kappa shape index (κ1) is 12.1. The number of carbonyl (C=O) groups excluding carboxylic acids is 1. The maximum Gasteiger partial charge on any atom is 0.269 e. The molecule has 0 aliphatic carbocycles. The van der Waals surface area contributed by atoms with E-state index in [4.69, 9.17) is 23.2 Å². The molecule has 88 valence electrons. The molecule has 0 radical (unpaired) electrons. The summed E-state index contributed by atoms with van der Waals surface area (Å²) in [7, 11) is 0. The topological polar surface area (TPSA) is 75.1 Å². The summed E-state index contributed by atoms with van der Waals surface area (Å²) >= 11 is 12.4. The maximum absolute atomic E-state index is 11.7. The lowest BCUT2D eigenvalue weighted by Crippen LogP contribution is -2.10. The van der Waals surface area contributed by atoms with E-state index in [-0.39, 0.29) is 21.7 Å². The van der Waals surface area contributed by atoms with Crippen LogP contribution in [-0.4, -0.2) is 20.6 Å². The number of anilines is 1. The highest BCUT2D eigenvalue weighted by atomic mass is 35.5. The highest BCUT2D eigenvalue weighted by Gasteiger charge is 2.11. The number of rotatable bonds is 2. The third-order valence-corrected chi connectivity index (χ3v) is 3.10. The fourth-order valence-electron chi connectivity index (χ4n) is 1.10. The lowest BCUT2D eigenvalue weighted by molar-refractivity contribution is 0.103. The Morgan fingerprint density at radius 2 is 2.00 bits per heavy atom. The SMILES string of the molecule is O=C(Nc1cc(Cl)c(O)c(Cl)c1)c1cnns1. The van der Waals surface area contributed by atoms with Crippen molar-refractivity contribution in [2.24, 2.45) is 0 Å². The third kappa shape index (κ3) is 2.66. The number of hydrogen-bond donors (Lipinski definition) is 2. The van der Waals surface area contributed by atoms with Gasteiger partial charge in [-0.15, -0.1) is 5.10 Å². The number of benzene rings is 1. The van der Waals surface area contributed by atoms with Gasteiger partial charge in [0.1, 0.15) is 4.88 Å². The summed E-state index contributed by atoms with van der Waals surface area (Å²) in [4.78, 5) is 12.0. The second kappa shape index (κ2) is 4.87. The van der Waals surface area contributed by atoms with Gasteiger partial charge >= 0.3 is 0 Å². The zero-order valence-electron chi connectivity index (χ0n) is 8.15. The molecule has 1 amide bonds. The number of halogens is 2. The lowest BCUT2D eigenvalue weighted by Gasteiger charge is -2.06. The zero-order chi connectivity index (χ0) is 12.4. The van der Waals surface area contributed by atoms with Gasteiger partial charge in [0.05, 0.1) is 16.2 Å². The largest absolute Gasteiger partial charge is 0.505 e. The lowest BCUT2D eigenvalue weighted by atomic mass is 10.3. The van der Waals surface area contributed by atoms with Crippen molar-refractivity contribution in [2.45, 2.75) is 0 Å². The summed E-state index contributed by atoms with van der Waals surface area (Å²) in [5, 5.41) is 15.6. The van der Waals surface area contributed by atoms with E-state index in [1.165, 1.54) is 18.3 Å². The summed E-state index contributed by atoms with van der Waals surface area (Å²) in [6.45, 7) is 0. The predicted octanol–water partition coefficient (Wildman–Crippen LogP) is 2.80. The van der Waals surface area contributed by atoms with Gasteiger partial charge in [-0.1, -0.05) is 27.7 Å². The number of aromatic nitrogens is 2. The predicted molar refractivity (Wildman–Crippen MR) is 66.0 cm³/mol. The van der Waals surface area contributed by atoms with Crippen LogP contribution in [0.3, 0.4) is 0 Å². The van der Waals surface area contributed by atoms with Crippen molar-refractivity contribution in [1.29, 1.82) is 0 Å². The molecule has 0 saturated carbocycles. The first-order valence-corrected chi connectivity index (χ1v) is 5.87. The Morgan fingerprint density at radius 3 is 2.53 bits per heavy atom. The fraction of sp³-hybridized carbons (Fsp3) is 0. The van der Waals surface area contributed by atoms with E-state index in [9.17, 15) is 9.90 Å². The van der Waals surface area contributed by atoms with Crippen LogP contribution in [0.1, 0.15) is 9.67 Å². The molecule has 2 aromatic rings. The van der Waals surface area contributed by atoms with Gasteiger partial charge in [-0.2, -0.15) is 0 Å². The Hall–Kier alpha value is -1.37. The third-order valence-electron chi connectivity index (χ3n) is 1.86. The number of nitrogens with zero attached hydrogens (tertiary/aromatic N) is 2. The molecule has 0 atom stereocenters. The molecule has 1 aromatic heterocycles. The smallest absolute Gasteiger partial charge is 0.269 e. The van der Waals surface area contributed by atoms with Crippen molar-refractivity contribution < 1.29 is 9.90 Å². The number of phenols is 1. The van der Waals surface area contributed by atoms with E-state index in [0.717, 1.165) is 11.5 Å². The van der Waals surface area contributed by atoms with Gasteiger partial charge in [-0.3, -0.25) is 4.79 Å². The minimum atomic E-state index is -0.363. The van der Waals surface area contributed by atoms with E-state index in [2.05, 4.69) is 14.9 Å². The maximum atomic E-state index is 11.7. The Balaban J connectivity index is 2.22. The van der Waals surface area contributed by atoms with Crippen LogP contribution >= 0.6 is 34.7 Å². The van der Waals surface area contributed by atoms with Crippen molar-refractivity contribution >= 4 is 46.3 Å². The van der Waals surface area contributed by atoms with Crippen LogP contribution in [0, 0.1) is 0 Å². The molecule has 0 aliphatic heterocycles. The first-order valence-electron chi connectivity index (χ1n) is 4.34. The van der Waals surface area contributed by atoms with E-state index >= 15 is 0 Å². The molecule has 0 saturated heterocycles. The molecule has 17 heavy (non-hydrogen) atoms. The van der Waals surface area contributed by atoms with Gasteiger partial charge in [0, 0.05) is 5.69 Å². The van der Waals surface area contributed by atoms with E-state index in [1.807, 2.05) is 0 Å². The molecule has 2 N–H and O–H groups in total. The van der Waals surface area contributed by atoms with Gasteiger partial charge in [-0.25, -0.2) is 0 Å². The van der Waals surface area contributed by atoms with Crippen LogP contribution in [0.25, 0.3) is 0 Å². The first-order chi connectivity index (χ1) is 8.08. The average molecular weight is 290 g/mol. The van der Waals surface area contributed by atoms with Crippen LogP contribution in [0.4, 0.5) is 5.69 Å². The average Bonchev–Trinajstić information content (AvgIpc) is 2.79. The molecule has 0 aliphatic rings. The van der Waals surface area contributed by atoms with E-state index in [1.54, 1.807) is 0 Å². The van der Waals surface area contributed by atoms with Crippen LogP contribution in [0.2, 0.25) is 10.0 Å². The van der Waals surface area contributed by atoms with Gasteiger partial charge in [0.2, 0.25) is 0 Å². The molecule has 1 aromatic carbocycles. The summed E-state index contributed by atoms with van der Waals surface area (Å²) in [6.07, 6.45) is 1.35. The van der Waals surface area contributed by atoms with Crippen molar-refractivity contribution in [2.75, 3.05) is 5.32 Å². The van der Waals surface area contributed by atoms with E-state index in [0.29, 0.717) is 10.6 Å². The van der Waals surface area contributed by atoms with Crippen molar-refractivity contribution in [3.63, 3.8) is 0 Å². The Labute approximate surface area is 110 Å². The van der Waals surface area contributed by atoms with Crippen molar-refractivity contribution in [1.82, 2.24) is 9.59 Å². The Kier molecular flexibility index (Phi) is 3.46. The Bertz CT molecular complexity index is 536. The number of amides is 1. The van der Waals surface area contributed by atoms with Crippen LogP contribution in [0.15, 0.2) is 18.3 Å². The summed E-state index contributed by atoms with van der Waals surface area (Å²) in [5.74, 6) is -0.580. The highest BCUT2D eigenvalue weighted by molar-refractivity contribution is 7.07.